The zero-order valence-corrected chi connectivity index (χ0v) is 9.53. The summed E-state index contributed by atoms with van der Waals surface area (Å²) in [5, 5.41) is 10.6. The largest absolute Gasteiger partial charge is 0.236 e. The highest BCUT2D eigenvalue weighted by atomic mass is 32.2. The number of aryl methyl sites for hydroxylation is 1. The van der Waals surface area contributed by atoms with Gasteiger partial charge in [0.2, 0.25) is 0 Å². The summed E-state index contributed by atoms with van der Waals surface area (Å²) in [4.78, 5) is 9.41. The lowest BCUT2D eigenvalue weighted by molar-refractivity contribution is 1.14. The Morgan fingerprint density at radius 1 is 1.12 bits per heavy atom. The van der Waals surface area contributed by atoms with Crippen molar-refractivity contribution in [2.45, 2.75) is 11.8 Å². The molecule has 3 nitrogen and oxygen atoms in total. The van der Waals surface area contributed by atoms with E-state index in [4.69, 9.17) is 5.26 Å². The second-order valence-corrected chi connectivity index (χ2v) is 4.16. The van der Waals surface area contributed by atoms with E-state index >= 15 is 0 Å². The summed E-state index contributed by atoms with van der Waals surface area (Å²) < 4.78 is 0. The first-order chi connectivity index (χ1) is 7.79. The van der Waals surface area contributed by atoms with Crippen molar-refractivity contribution in [2.24, 2.45) is 0 Å². The third kappa shape index (κ3) is 2.38. The molecule has 16 heavy (non-hydrogen) atoms. The average Bonchev–Trinajstić information content (AvgIpc) is 2.32. The zero-order chi connectivity index (χ0) is 11.4. The molecule has 0 atom stereocenters. The van der Waals surface area contributed by atoms with E-state index in [1.807, 2.05) is 36.6 Å². The molecule has 0 saturated carbocycles. The van der Waals surface area contributed by atoms with Crippen molar-refractivity contribution in [3.05, 3.63) is 42.2 Å². The molecule has 0 N–H and O–H groups in total. The molecule has 4 heteroatoms. The summed E-state index contributed by atoms with van der Waals surface area (Å²) in [6.07, 6.45) is 3.58. The van der Waals surface area contributed by atoms with E-state index in [0.717, 1.165) is 27.8 Å². The first-order valence-corrected chi connectivity index (χ1v) is 5.56. The van der Waals surface area contributed by atoms with Gasteiger partial charge < -0.3 is 0 Å². The molecule has 0 aliphatic rings. The summed E-state index contributed by atoms with van der Waals surface area (Å²) in [6.45, 7) is 1.95. The van der Waals surface area contributed by atoms with Crippen LogP contribution in [0, 0.1) is 17.6 Å². The lowest BCUT2D eigenvalue weighted by atomic mass is 10.2. The minimum absolute atomic E-state index is 0.708. The van der Waals surface area contributed by atoms with Crippen LogP contribution in [0.3, 0.4) is 0 Å². The second-order valence-electron chi connectivity index (χ2n) is 3.30. The SMILES string of the molecule is Cc1cnc(-c2ccc(SC#N)cc2)nc1. The molecule has 2 aromatic rings. The molecule has 0 bridgehead atoms. The van der Waals surface area contributed by atoms with E-state index in [9.17, 15) is 0 Å². The molecular weight excluding hydrogens is 218 g/mol. The molecule has 0 radical (unpaired) electrons. The number of hydrogen-bond donors (Lipinski definition) is 0. The van der Waals surface area contributed by atoms with E-state index in [-0.39, 0.29) is 0 Å². The molecule has 0 amide bonds. The number of nitrogens with zero attached hydrogens (tertiary/aromatic N) is 3. The second kappa shape index (κ2) is 4.77. The molecule has 0 aliphatic carbocycles. The minimum Gasteiger partial charge on any atom is -0.236 e. The van der Waals surface area contributed by atoms with Crippen molar-refractivity contribution in [2.75, 3.05) is 0 Å². The average molecular weight is 227 g/mol. The molecule has 78 valence electrons. The monoisotopic (exact) mass is 227 g/mol. The standard InChI is InChI=1S/C12H9N3S/c1-9-6-14-12(15-7-9)10-2-4-11(5-3-10)16-8-13/h2-7H,1H3. The van der Waals surface area contributed by atoms with Crippen LogP contribution in [-0.4, -0.2) is 9.97 Å². The Morgan fingerprint density at radius 2 is 1.75 bits per heavy atom. The van der Waals surface area contributed by atoms with Crippen molar-refractivity contribution in [3.63, 3.8) is 0 Å². The highest BCUT2D eigenvalue weighted by Crippen LogP contribution is 2.21. The molecule has 0 unspecified atom stereocenters. The van der Waals surface area contributed by atoms with Crippen molar-refractivity contribution >= 4 is 11.8 Å². The first kappa shape index (κ1) is 10.7. The first-order valence-electron chi connectivity index (χ1n) is 4.74. The van der Waals surface area contributed by atoms with Crippen LogP contribution in [0.4, 0.5) is 0 Å². The Labute approximate surface area is 98.2 Å². The molecule has 2 rings (SSSR count). The van der Waals surface area contributed by atoms with Gasteiger partial charge in [-0.2, -0.15) is 5.26 Å². The van der Waals surface area contributed by atoms with Gasteiger partial charge in [-0.15, -0.1) is 0 Å². The van der Waals surface area contributed by atoms with Gasteiger partial charge in [0.25, 0.3) is 0 Å². The Kier molecular flexibility index (Phi) is 3.18. The number of nitriles is 1. The number of hydrogen-bond acceptors (Lipinski definition) is 4. The van der Waals surface area contributed by atoms with Crippen LogP contribution in [0.25, 0.3) is 11.4 Å². The fraction of sp³-hybridized carbons (Fsp3) is 0.0833. The van der Waals surface area contributed by atoms with E-state index < -0.39 is 0 Å². The summed E-state index contributed by atoms with van der Waals surface area (Å²) in [7, 11) is 0. The highest BCUT2D eigenvalue weighted by molar-refractivity contribution is 8.03. The van der Waals surface area contributed by atoms with Crippen molar-refractivity contribution in [3.8, 4) is 16.8 Å². The third-order valence-electron chi connectivity index (χ3n) is 2.06. The molecule has 1 aromatic carbocycles. The van der Waals surface area contributed by atoms with Gasteiger partial charge in [0.05, 0.1) is 0 Å². The van der Waals surface area contributed by atoms with Gasteiger partial charge in [0.1, 0.15) is 5.40 Å². The number of rotatable bonds is 2. The maximum Gasteiger partial charge on any atom is 0.159 e. The van der Waals surface area contributed by atoms with Gasteiger partial charge in [0, 0.05) is 22.9 Å². The van der Waals surface area contributed by atoms with Crippen molar-refractivity contribution in [1.29, 1.82) is 5.26 Å². The summed E-state index contributed by atoms with van der Waals surface area (Å²) in [5.74, 6) is 0.708. The van der Waals surface area contributed by atoms with E-state index in [0.29, 0.717) is 5.82 Å². The van der Waals surface area contributed by atoms with Crippen LogP contribution < -0.4 is 0 Å². The number of benzene rings is 1. The molecule has 0 aliphatic heterocycles. The molecule has 0 spiro atoms. The fourth-order valence-electron chi connectivity index (χ4n) is 1.27. The topological polar surface area (TPSA) is 49.6 Å². The Bertz CT molecular complexity index is 511. The maximum absolute atomic E-state index is 8.52. The minimum atomic E-state index is 0.708. The lowest BCUT2D eigenvalue weighted by Crippen LogP contribution is -1.88. The van der Waals surface area contributed by atoms with E-state index in [2.05, 4.69) is 9.97 Å². The highest BCUT2D eigenvalue weighted by Gasteiger charge is 2.00. The predicted molar refractivity (Wildman–Crippen MR) is 63.7 cm³/mol. The van der Waals surface area contributed by atoms with Crippen LogP contribution in [0.2, 0.25) is 0 Å². The number of thioether (sulfide) groups is 1. The quantitative estimate of drug-likeness (QED) is 0.584. The van der Waals surface area contributed by atoms with E-state index in [1.165, 1.54) is 0 Å². The molecule has 1 aromatic heterocycles. The molecule has 0 fully saturated rings. The third-order valence-corrected chi connectivity index (χ3v) is 2.66. The number of aromatic nitrogens is 2. The Morgan fingerprint density at radius 3 is 2.31 bits per heavy atom. The maximum atomic E-state index is 8.52. The molecular formula is C12H9N3S. The lowest BCUT2D eigenvalue weighted by Gasteiger charge is -2.00. The van der Waals surface area contributed by atoms with Crippen LogP contribution in [0.15, 0.2) is 41.6 Å². The smallest absolute Gasteiger partial charge is 0.159 e. The van der Waals surface area contributed by atoms with Crippen LogP contribution in [0.1, 0.15) is 5.56 Å². The van der Waals surface area contributed by atoms with Crippen LogP contribution in [0.5, 0.6) is 0 Å². The number of thiocyanates is 1. The van der Waals surface area contributed by atoms with Gasteiger partial charge in [-0.3, -0.25) is 0 Å². The van der Waals surface area contributed by atoms with Crippen molar-refractivity contribution in [1.82, 2.24) is 9.97 Å². The van der Waals surface area contributed by atoms with Crippen molar-refractivity contribution < 1.29 is 0 Å². The van der Waals surface area contributed by atoms with Crippen LogP contribution >= 0.6 is 11.8 Å². The van der Waals surface area contributed by atoms with Gasteiger partial charge in [-0.25, -0.2) is 9.97 Å². The van der Waals surface area contributed by atoms with Crippen LogP contribution in [-0.2, 0) is 0 Å². The normalized spacial score (nSPS) is 9.75. The molecule has 0 saturated heterocycles. The summed E-state index contributed by atoms with van der Waals surface area (Å²) >= 11 is 1.15. The van der Waals surface area contributed by atoms with Gasteiger partial charge in [0.15, 0.2) is 5.82 Å². The Balaban J connectivity index is 2.28. The summed E-state index contributed by atoms with van der Waals surface area (Å²) in [6, 6.07) is 7.63. The molecule has 1 heterocycles. The predicted octanol–water partition coefficient (Wildman–Crippen LogP) is 3.03. The Hall–Kier alpha value is -1.86. The fourth-order valence-corrected chi connectivity index (χ4v) is 1.64. The van der Waals surface area contributed by atoms with E-state index in [1.54, 1.807) is 12.4 Å². The van der Waals surface area contributed by atoms with Gasteiger partial charge in [-0.1, -0.05) is 12.1 Å². The van der Waals surface area contributed by atoms with Gasteiger partial charge in [-0.05, 0) is 36.4 Å². The van der Waals surface area contributed by atoms with Gasteiger partial charge >= 0.3 is 0 Å². The summed E-state index contributed by atoms with van der Waals surface area (Å²) in [5.41, 5.74) is 2.00. The zero-order valence-electron chi connectivity index (χ0n) is 8.71.